The molecule has 0 aliphatic heterocycles. The minimum Gasteiger partial charge on any atom is -0.357 e. The number of hydrogen-bond donors (Lipinski definition) is 2. The normalized spacial score (nSPS) is 16.1. The summed E-state index contributed by atoms with van der Waals surface area (Å²) in [7, 11) is 2.20. The van der Waals surface area contributed by atoms with Crippen LogP contribution < -0.4 is 10.6 Å². The van der Waals surface area contributed by atoms with Crippen LogP contribution in [0, 0.1) is 5.82 Å². The summed E-state index contributed by atoms with van der Waals surface area (Å²) < 4.78 is 13.2. The molecule has 1 aliphatic carbocycles. The van der Waals surface area contributed by atoms with Gasteiger partial charge in [-0.2, -0.15) is 0 Å². The molecule has 5 heteroatoms. The van der Waals surface area contributed by atoms with Gasteiger partial charge in [-0.3, -0.25) is 0 Å². The van der Waals surface area contributed by atoms with E-state index in [-0.39, 0.29) is 5.82 Å². The molecule has 0 unspecified atom stereocenters. The molecule has 1 aromatic carbocycles. The van der Waals surface area contributed by atoms with Crippen molar-refractivity contribution in [2.24, 2.45) is 4.99 Å². The van der Waals surface area contributed by atoms with E-state index < -0.39 is 0 Å². The lowest BCUT2D eigenvalue weighted by molar-refractivity contribution is 0.249. The van der Waals surface area contributed by atoms with E-state index >= 15 is 0 Å². The molecule has 0 spiro atoms. The first kappa shape index (κ1) is 17.7. The molecule has 23 heavy (non-hydrogen) atoms. The summed E-state index contributed by atoms with van der Waals surface area (Å²) in [5.41, 5.74) is 0.880. The van der Waals surface area contributed by atoms with Gasteiger partial charge in [-0.05, 0) is 44.5 Å². The molecule has 1 aliphatic rings. The van der Waals surface area contributed by atoms with Crippen molar-refractivity contribution in [1.82, 2.24) is 15.5 Å². The zero-order valence-electron chi connectivity index (χ0n) is 14.3. The minimum atomic E-state index is -0.214. The largest absolute Gasteiger partial charge is 0.357 e. The maximum Gasteiger partial charge on any atom is 0.191 e. The molecule has 2 rings (SSSR count). The first-order valence-corrected chi connectivity index (χ1v) is 8.66. The van der Waals surface area contributed by atoms with Crippen molar-refractivity contribution >= 4 is 5.96 Å². The predicted molar refractivity (Wildman–Crippen MR) is 94.1 cm³/mol. The van der Waals surface area contributed by atoms with E-state index in [1.807, 2.05) is 13.0 Å². The van der Waals surface area contributed by atoms with Gasteiger partial charge >= 0.3 is 0 Å². The first-order valence-electron chi connectivity index (χ1n) is 8.66. The highest BCUT2D eigenvalue weighted by molar-refractivity contribution is 5.79. The lowest BCUT2D eigenvalue weighted by Crippen LogP contribution is -2.42. The van der Waals surface area contributed by atoms with Crippen LogP contribution in [0.15, 0.2) is 29.3 Å². The van der Waals surface area contributed by atoms with Crippen LogP contribution >= 0.6 is 0 Å². The van der Waals surface area contributed by atoms with E-state index in [1.165, 1.54) is 37.8 Å². The third-order valence-corrected chi connectivity index (χ3v) is 4.36. The van der Waals surface area contributed by atoms with Gasteiger partial charge in [0.25, 0.3) is 0 Å². The Kier molecular flexibility index (Phi) is 7.33. The fraction of sp³-hybridized carbons (Fsp3) is 0.611. The molecule has 0 aromatic heterocycles. The van der Waals surface area contributed by atoms with Crippen LogP contribution in [-0.2, 0) is 6.54 Å². The molecule has 0 saturated heterocycles. The van der Waals surface area contributed by atoms with Gasteiger partial charge in [0.05, 0.1) is 6.54 Å². The Morgan fingerprint density at radius 3 is 2.78 bits per heavy atom. The molecule has 0 heterocycles. The highest BCUT2D eigenvalue weighted by Gasteiger charge is 2.18. The first-order chi connectivity index (χ1) is 11.2. The number of benzene rings is 1. The van der Waals surface area contributed by atoms with Gasteiger partial charge in [-0.25, -0.2) is 9.38 Å². The van der Waals surface area contributed by atoms with Gasteiger partial charge in [-0.15, -0.1) is 0 Å². The van der Waals surface area contributed by atoms with Crippen LogP contribution in [0.5, 0.6) is 0 Å². The van der Waals surface area contributed by atoms with Crippen molar-refractivity contribution in [3.8, 4) is 0 Å². The third kappa shape index (κ3) is 6.18. The van der Waals surface area contributed by atoms with Gasteiger partial charge in [-0.1, -0.05) is 25.0 Å². The fourth-order valence-corrected chi connectivity index (χ4v) is 3.03. The van der Waals surface area contributed by atoms with E-state index in [4.69, 9.17) is 0 Å². The Morgan fingerprint density at radius 1 is 1.30 bits per heavy atom. The molecule has 0 bridgehead atoms. The van der Waals surface area contributed by atoms with Crippen molar-refractivity contribution in [3.05, 3.63) is 35.6 Å². The fourth-order valence-electron chi connectivity index (χ4n) is 3.03. The van der Waals surface area contributed by atoms with Gasteiger partial charge in [0.2, 0.25) is 0 Å². The second-order valence-corrected chi connectivity index (χ2v) is 6.17. The van der Waals surface area contributed by atoms with Gasteiger partial charge < -0.3 is 15.5 Å². The third-order valence-electron chi connectivity index (χ3n) is 4.36. The van der Waals surface area contributed by atoms with Crippen LogP contribution in [0.25, 0.3) is 0 Å². The van der Waals surface area contributed by atoms with Gasteiger partial charge in [0.15, 0.2) is 5.96 Å². The number of aliphatic imine (C=N–C) groups is 1. The summed E-state index contributed by atoms with van der Waals surface area (Å²) in [6.45, 7) is 5.21. The van der Waals surface area contributed by atoms with E-state index in [0.29, 0.717) is 6.54 Å². The molecule has 1 saturated carbocycles. The number of nitrogens with zero attached hydrogens (tertiary/aromatic N) is 2. The Morgan fingerprint density at radius 2 is 2.09 bits per heavy atom. The van der Waals surface area contributed by atoms with Gasteiger partial charge in [0, 0.05) is 25.7 Å². The number of halogens is 1. The second-order valence-electron chi connectivity index (χ2n) is 6.17. The van der Waals surface area contributed by atoms with E-state index in [9.17, 15) is 4.39 Å². The van der Waals surface area contributed by atoms with E-state index in [0.717, 1.165) is 37.2 Å². The van der Waals surface area contributed by atoms with Crippen molar-refractivity contribution in [3.63, 3.8) is 0 Å². The molecule has 1 fully saturated rings. The molecule has 1 aromatic rings. The smallest absolute Gasteiger partial charge is 0.191 e. The lowest BCUT2D eigenvalue weighted by Gasteiger charge is -2.24. The van der Waals surface area contributed by atoms with Crippen LogP contribution in [0.2, 0.25) is 0 Å². The summed E-state index contributed by atoms with van der Waals surface area (Å²) in [6, 6.07) is 7.33. The van der Waals surface area contributed by atoms with Crippen molar-refractivity contribution in [1.29, 1.82) is 0 Å². The SMILES string of the molecule is CCNC(=NCc1cccc(F)c1)NCCN(C)C1CCCC1. The Balaban J connectivity index is 1.79. The maximum absolute atomic E-state index is 13.2. The highest BCUT2D eigenvalue weighted by Crippen LogP contribution is 2.21. The summed E-state index contributed by atoms with van der Waals surface area (Å²) in [6.07, 6.45) is 5.37. The quantitative estimate of drug-likeness (QED) is 0.599. The van der Waals surface area contributed by atoms with Gasteiger partial charge in [0.1, 0.15) is 5.82 Å². The highest BCUT2D eigenvalue weighted by atomic mass is 19.1. The van der Waals surface area contributed by atoms with E-state index in [2.05, 4.69) is 27.6 Å². The summed E-state index contributed by atoms with van der Waals surface area (Å²) in [4.78, 5) is 6.97. The zero-order valence-corrected chi connectivity index (χ0v) is 14.3. The molecule has 128 valence electrons. The monoisotopic (exact) mass is 320 g/mol. The molecule has 0 atom stereocenters. The lowest BCUT2D eigenvalue weighted by atomic mass is 10.2. The average molecular weight is 320 g/mol. The molecule has 0 amide bonds. The van der Waals surface area contributed by atoms with Crippen LogP contribution in [0.4, 0.5) is 4.39 Å². The molecule has 4 nitrogen and oxygen atoms in total. The average Bonchev–Trinajstić information content (AvgIpc) is 3.07. The number of nitrogens with one attached hydrogen (secondary N) is 2. The van der Waals surface area contributed by atoms with Crippen molar-refractivity contribution in [2.75, 3.05) is 26.7 Å². The molecule has 2 N–H and O–H groups in total. The predicted octanol–water partition coefficient (Wildman–Crippen LogP) is 2.76. The Hall–Kier alpha value is -1.62. The second kappa shape index (κ2) is 9.50. The summed E-state index contributed by atoms with van der Waals surface area (Å²) in [5.74, 6) is 0.574. The number of hydrogen-bond acceptors (Lipinski definition) is 2. The summed E-state index contributed by atoms with van der Waals surface area (Å²) in [5, 5.41) is 6.60. The molecule has 0 radical (unpaired) electrons. The number of rotatable bonds is 7. The molecular weight excluding hydrogens is 291 g/mol. The zero-order chi connectivity index (χ0) is 16.5. The van der Waals surface area contributed by atoms with Crippen molar-refractivity contribution in [2.45, 2.75) is 45.2 Å². The van der Waals surface area contributed by atoms with Crippen LogP contribution in [0.3, 0.4) is 0 Å². The molecular formula is C18H29FN4. The Labute approximate surface area is 139 Å². The van der Waals surface area contributed by atoms with Crippen LogP contribution in [0.1, 0.15) is 38.2 Å². The van der Waals surface area contributed by atoms with Crippen LogP contribution in [-0.4, -0.2) is 43.6 Å². The standard InChI is InChI=1S/C18H29FN4/c1-3-20-18(22-14-15-7-6-8-16(19)13-15)21-11-12-23(2)17-9-4-5-10-17/h6-8,13,17H,3-5,9-12,14H2,1-2H3,(H2,20,21,22). The topological polar surface area (TPSA) is 39.7 Å². The Bertz CT molecular complexity index is 498. The summed E-state index contributed by atoms with van der Waals surface area (Å²) >= 11 is 0. The van der Waals surface area contributed by atoms with Crippen molar-refractivity contribution < 1.29 is 4.39 Å². The number of guanidine groups is 1. The number of likely N-dealkylation sites (N-methyl/N-ethyl adjacent to an activating group) is 1. The maximum atomic E-state index is 13.2. The van der Waals surface area contributed by atoms with E-state index in [1.54, 1.807) is 6.07 Å². The minimum absolute atomic E-state index is 0.214.